The molecule has 3 N–H and O–H groups in total. The summed E-state index contributed by atoms with van der Waals surface area (Å²) in [6.45, 7) is 0. The molecule has 4 aromatic rings. The van der Waals surface area contributed by atoms with Gasteiger partial charge in [-0.1, -0.05) is 53.8 Å². The molecule has 1 heterocycles. The predicted molar refractivity (Wildman–Crippen MR) is 120 cm³/mol. The topological polar surface area (TPSA) is 77.2 Å². The van der Waals surface area contributed by atoms with Crippen LogP contribution < -0.4 is 15.8 Å². The van der Waals surface area contributed by atoms with Crippen molar-refractivity contribution in [3.63, 3.8) is 0 Å². The number of thiazole rings is 1. The van der Waals surface area contributed by atoms with E-state index in [1.165, 1.54) is 11.3 Å². The molecule has 3 aromatic carbocycles. The van der Waals surface area contributed by atoms with Gasteiger partial charge in [-0.25, -0.2) is 4.98 Å². The second-order valence-electron chi connectivity index (χ2n) is 6.32. The van der Waals surface area contributed by atoms with Crippen molar-refractivity contribution in [2.45, 2.75) is 6.04 Å². The number of halogens is 1. The fourth-order valence-electron chi connectivity index (χ4n) is 2.95. The zero-order valence-corrected chi connectivity index (χ0v) is 17.3. The van der Waals surface area contributed by atoms with Crippen LogP contribution in [0.4, 0.5) is 5.13 Å². The van der Waals surface area contributed by atoms with Crippen LogP contribution in [0.5, 0.6) is 5.75 Å². The smallest absolute Gasteiger partial charge is 0.257 e. The van der Waals surface area contributed by atoms with Crippen molar-refractivity contribution < 1.29 is 9.53 Å². The van der Waals surface area contributed by atoms with Crippen molar-refractivity contribution in [2.24, 2.45) is 5.73 Å². The lowest BCUT2D eigenvalue weighted by Crippen LogP contribution is -2.14. The molecule has 4 rings (SSSR count). The van der Waals surface area contributed by atoms with Gasteiger partial charge in [0.2, 0.25) is 0 Å². The highest BCUT2D eigenvalue weighted by atomic mass is 35.5. The molecule has 0 aliphatic rings. The van der Waals surface area contributed by atoms with E-state index in [2.05, 4.69) is 10.3 Å². The van der Waals surface area contributed by atoms with Gasteiger partial charge in [0, 0.05) is 5.56 Å². The Bertz CT molecular complexity index is 1110. The molecule has 0 bridgehead atoms. The average molecular weight is 426 g/mol. The minimum absolute atomic E-state index is 0. The van der Waals surface area contributed by atoms with Crippen molar-refractivity contribution in [1.82, 2.24) is 4.98 Å². The van der Waals surface area contributed by atoms with E-state index in [0.29, 0.717) is 10.7 Å². The van der Waals surface area contributed by atoms with Gasteiger partial charge in [0.1, 0.15) is 5.75 Å². The maximum Gasteiger partial charge on any atom is 0.257 e. The fraction of sp³-hybridized carbons (Fsp3) is 0.0909. The van der Waals surface area contributed by atoms with Crippen LogP contribution in [0.15, 0.2) is 72.8 Å². The van der Waals surface area contributed by atoms with Crippen molar-refractivity contribution in [1.29, 1.82) is 0 Å². The first-order valence-corrected chi connectivity index (χ1v) is 9.62. The van der Waals surface area contributed by atoms with E-state index in [-0.39, 0.29) is 24.4 Å². The average Bonchev–Trinajstić information content (AvgIpc) is 3.15. The molecule has 0 radical (unpaired) electrons. The van der Waals surface area contributed by atoms with Gasteiger partial charge in [0.25, 0.3) is 5.91 Å². The summed E-state index contributed by atoms with van der Waals surface area (Å²) in [6.07, 6.45) is 0. The first kappa shape index (κ1) is 20.8. The molecule has 0 fully saturated rings. The molecule has 0 aliphatic heterocycles. The Morgan fingerprint density at radius 1 is 1.03 bits per heavy atom. The highest BCUT2D eigenvalue weighted by Gasteiger charge is 2.13. The molecule has 5 nitrogen and oxygen atoms in total. The number of ether oxygens (including phenoxy) is 1. The number of anilines is 1. The van der Waals surface area contributed by atoms with Gasteiger partial charge in [0.05, 0.1) is 23.4 Å². The normalized spacial score (nSPS) is 11.5. The third kappa shape index (κ3) is 4.56. The van der Waals surface area contributed by atoms with E-state index in [9.17, 15) is 4.79 Å². The van der Waals surface area contributed by atoms with Crippen LogP contribution in [-0.2, 0) is 0 Å². The van der Waals surface area contributed by atoms with Crippen LogP contribution in [0.3, 0.4) is 0 Å². The molecule has 0 saturated carbocycles. The standard InChI is InChI=1S/C22H19N3O2S.ClH/c1-27-17-11-12-18-19(13-17)28-22(24-18)25-21(26)16-9-7-15(8-10-16)20(23)14-5-3-2-4-6-14;/h2-13,20H,23H2,1H3,(H,24,25,26);1H/t20-;/m1./s1. The highest BCUT2D eigenvalue weighted by Crippen LogP contribution is 2.29. The Hall–Kier alpha value is -2.93. The number of hydrogen-bond donors (Lipinski definition) is 2. The summed E-state index contributed by atoms with van der Waals surface area (Å²) in [7, 11) is 1.62. The summed E-state index contributed by atoms with van der Waals surface area (Å²) in [5.41, 5.74) is 9.68. The van der Waals surface area contributed by atoms with Crippen molar-refractivity contribution in [3.8, 4) is 5.75 Å². The molecule has 1 aromatic heterocycles. The quantitative estimate of drug-likeness (QED) is 0.470. The molecule has 0 aliphatic carbocycles. The summed E-state index contributed by atoms with van der Waals surface area (Å²) < 4.78 is 6.18. The molecule has 1 atom stereocenters. The fourth-order valence-corrected chi connectivity index (χ4v) is 3.84. The molecule has 1 amide bonds. The maximum atomic E-state index is 12.6. The van der Waals surface area contributed by atoms with Gasteiger partial charge in [-0.15, -0.1) is 12.4 Å². The van der Waals surface area contributed by atoms with Gasteiger partial charge in [0.15, 0.2) is 5.13 Å². The van der Waals surface area contributed by atoms with Crippen molar-refractivity contribution in [3.05, 3.63) is 89.5 Å². The van der Waals surface area contributed by atoms with Crippen LogP contribution in [0.2, 0.25) is 0 Å². The Morgan fingerprint density at radius 3 is 2.41 bits per heavy atom. The van der Waals surface area contributed by atoms with Crippen molar-refractivity contribution in [2.75, 3.05) is 12.4 Å². The Kier molecular flexibility index (Phi) is 6.49. The van der Waals surface area contributed by atoms with Crippen LogP contribution >= 0.6 is 23.7 Å². The summed E-state index contributed by atoms with van der Waals surface area (Å²) in [5, 5.41) is 3.42. The SMILES string of the molecule is COc1ccc2nc(NC(=O)c3ccc([C@H](N)c4ccccc4)cc3)sc2c1.Cl. The number of nitrogens with zero attached hydrogens (tertiary/aromatic N) is 1. The van der Waals surface area contributed by atoms with Gasteiger partial charge < -0.3 is 10.5 Å². The lowest BCUT2D eigenvalue weighted by atomic mass is 9.98. The van der Waals surface area contributed by atoms with Crippen LogP contribution in [0.25, 0.3) is 10.2 Å². The lowest BCUT2D eigenvalue weighted by Gasteiger charge is -2.13. The third-order valence-electron chi connectivity index (χ3n) is 4.51. The molecule has 29 heavy (non-hydrogen) atoms. The molecule has 0 saturated heterocycles. The number of benzene rings is 3. The van der Waals surface area contributed by atoms with Gasteiger partial charge in [-0.3, -0.25) is 10.1 Å². The lowest BCUT2D eigenvalue weighted by molar-refractivity contribution is 0.102. The zero-order valence-electron chi connectivity index (χ0n) is 15.7. The molecule has 0 unspecified atom stereocenters. The Morgan fingerprint density at radius 2 is 1.72 bits per heavy atom. The number of carbonyl (C=O) groups excluding carboxylic acids is 1. The summed E-state index contributed by atoms with van der Waals surface area (Å²) in [4.78, 5) is 17.0. The first-order chi connectivity index (χ1) is 13.6. The van der Waals surface area contributed by atoms with E-state index < -0.39 is 0 Å². The van der Waals surface area contributed by atoms with E-state index in [0.717, 1.165) is 27.1 Å². The van der Waals surface area contributed by atoms with Crippen molar-refractivity contribution >= 4 is 45.0 Å². The number of carbonyl (C=O) groups is 1. The Balaban J connectivity index is 0.00000240. The zero-order chi connectivity index (χ0) is 19.5. The minimum atomic E-state index is -0.224. The largest absolute Gasteiger partial charge is 0.497 e. The number of fused-ring (bicyclic) bond motifs is 1. The molecule has 0 spiro atoms. The summed E-state index contributed by atoms with van der Waals surface area (Å²) in [6, 6.07) is 22.6. The van der Waals surface area contributed by atoms with Crippen LogP contribution in [0.1, 0.15) is 27.5 Å². The number of hydrogen-bond acceptors (Lipinski definition) is 5. The highest BCUT2D eigenvalue weighted by molar-refractivity contribution is 7.22. The second-order valence-corrected chi connectivity index (χ2v) is 7.35. The van der Waals surface area contributed by atoms with E-state index >= 15 is 0 Å². The second kappa shape index (κ2) is 9.05. The number of nitrogens with two attached hydrogens (primary N) is 1. The molecular weight excluding hydrogens is 406 g/mol. The number of rotatable bonds is 5. The van der Waals surface area contributed by atoms with E-state index in [1.54, 1.807) is 19.2 Å². The summed E-state index contributed by atoms with van der Waals surface area (Å²) in [5.74, 6) is 0.560. The molecule has 7 heteroatoms. The monoisotopic (exact) mass is 425 g/mol. The number of nitrogens with one attached hydrogen (secondary N) is 1. The Labute approximate surface area is 179 Å². The number of aromatic nitrogens is 1. The predicted octanol–water partition coefficient (Wildman–Crippen LogP) is 5.03. The maximum absolute atomic E-state index is 12.6. The van der Waals surface area contributed by atoms with Crippen LogP contribution in [-0.4, -0.2) is 18.0 Å². The van der Waals surface area contributed by atoms with E-state index in [4.69, 9.17) is 10.5 Å². The van der Waals surface area contributed by atoms with Gasteiger partial charge in [-0.2, -0.15) is 0 Å². The number of methoxy groups -OCH3 is 1. The van der Waals surface area contributed by atoms with Gasteiger partial charge in [-0.05, 0) is 41.5 Å². The molecule has 148 valence electrons. The third-order valence-corrected chi connectivity index (χ3v) is 5.44. The summed E-state index contributed by atoms with van der Waals surface area (Å²) >= 11 is 1.41. The molecular formula is C22H20ClN3O2S. The van der Waals surface area contributed by atoms with E-state index in [1.807, 2.05) is 60.7 Å². The first-order valence-electron chi connectivity index (χ1n) is 8.80. The minimum Gasteiger partial charge on any atom is -0.497 e. The van der Waals surface area contributed by atoms with Crippen LogP contribution in [0, 0.1) is 0 Å². The van der Waals surface area contributed by atoms with Gasteiger partial charge >= 0.3 is 0 Å². The number of amides is 1.